The van der Waals surface area contributed by atoms with Crippen molar-refractivity contribution in [1.82, 2.24) is 0 Å². The highest BCUT2D eigenvalue weighted by Crippen LogP contribution is 2.36. The number of rotatable bonds is 7. The van der Waals surface area contributed by atoms with Gasteiger partial charge in [0.1, 0.15) is 6.61 Å². The molecule has 5 nitrogen and oxygen atoms in total. The second kappa shape index (κ2) is 7.60. The van der Waals surface area contributed by atoms with Crippen LogP contribution in [0.5, 0.6) is 0 Å². The van der Waals surface area contributed by atoms with Crippen LogP contribution in [0, 0.1) is 5.41 Å². The first-order valence-electron chi connectivity index (χ1n) is 7.45. The normalized spacial score (nSPS) is 14.9. The number of ether oxygens (including phenoxy) is 2. The van der Waals surface area contributed by atoms with Crippen LogP contribution in [0.1, 0.15) is 41.5 Å². The van der Waals surface area contributed by atoms with Crippen molar-refractivity contribution in [2.45, 2.75) is 65.8 Å². The van der Waals surface area contributed by atoms with E-state index in [2.05, 4.69) is 33.9 Å². The number of carbonyl (C=O) groups is 1. The van der Waals surface area contributed by atoms with E-state index < -0.39 is 14.4 Å². The largest absolute Gasteiger partial charge is 0.447 e. The van der Waals surface area contributed by atoms with Crippen molar-refractivity contribution in [2.75, 3.05) is 19.8 Å². The quantitative estimate of drug-likeness (QED) is 0.575. The van der Waals surface area contributed by atoms with Gasteiger partial charge in [0.05, 0.1) is 19.3 Å². The fourth-order valence-corrected chi connectivity index (χ4v) is 2.44. The summed E-state index contributed by atoms with van der Waals surface area (Å²) in [7, 11) is -1.74. The Kier molecular flexibility index (Phi) is 7.39. The van der Waals surface area contributed by atoms with Crippen molar-refractivity contribution in [3.8, 4) is 0 Å². The van der Waals surface area contributed by atoms with E-state index in [0.29, 0.717) is 13.2 Å². The zero-order valence-electron chi connectivity index (χ0n) is 14.9. The molecule has 0 aromatic heterocycles. The first kappa shape index (κ1) is 20.4. The van der Waals surface area contributed by atoms with Crippen LogP contribution < -0.4 is 5.73 Å². The van der Waals surface area contributed by atoms with Gasteiger partial charge in [0.2, 0.25) is 0 Å². The number of primary amides is 1. The Balaban J connectivity index is 4.30. The number of nitrogens with two attached hydrogens (primary N) is 1. The van der Waals surface area contributed by atoms with Gasteiger partial charge in [-0.15, -0.1) is 0 Å². The third-order valence-electron chi connectivity index (χ3n) is 4.01. The lowest BCUT2D eigenvalue weighted by Crippen LogP contribution is -2.42. The van der Waals surface area contributed by atoms with Gasteiger partial charge >= 0.3 is 6.09 Å². The van der Waals surface area contributed by atoms with Crippen LogP contribution in [-0.4, -0.2) is 40.3 Å². The monoisotopic (exact) mass is 319 g/mol. The average Bonchev–Trinajstić information content (AvgIpc) is 2.23. The van der Waals surface area contributed by atoms with Gasteiger partial charge in [-0.25, -0.2) is 4.79 Å². The number of hydrogen-bond acceptors (Lipinski definition) is 4. The highest BCUT2D eigenvalue weighted by atomic mass is 28.4. The predicted octanol–water partition coefficient (Wildman–Crippen LogP) is 3.53. The molecule has 0 heterocycles. The van der Waals surface area contributed by atoms with Gasteiger partial charge in [-0.3, -0.25) is 0 Å². The van der Waals surface area contributed by atoms with Gasteiger partial charge in [0.15, 0.2) is 8.32 Å². The van der Waals surface area contributed by atoms with Gasteiger partial charge in [-0.05, 0) is 23.5 Å². The van der Waals surface area contributed by atoms with Crippen molar-refractivity contribution in [3.05, 3.63) is 0 Å². The zero-order valence-corrected chi connectivity index (χ0v) is 15.9. The molecule has 1 unspecified atom stereocenters. The van der Waals surface area contributed by atoms with E-state index in [9.17, 15) is 4.79 Å². The van der Waals surface area contributed by atoms with Gasteiger partial charge < -0.3 is 19.6 Å². The Morgan fingerprint density at radius 3 is 2.00 bits per heavy atom. The molecule has 126 valence electrons. The molecule has 1 amide bonds. The Morgan fingerprint density at radius 1 is 1.10 bits per heavy atom. The molecule has 0 aliphatic carbocycles. The maximum atomic E-state index is 10.7. The summed E-state index contributed by atoms with van der Waals surface area (Å²) in [6.07, 6.45) is -0.974. The fourth-order valence-electron chi connectivity index (χ4n) is 1.41. The Labute approximate surface area is 130 Å². The molecule has 0 radical (unpaired) electrons. The highest BCUT2D eigenvalue weighted by Gasteiger charge is 2.37. The van der Waals surface area contributed by atoms with Crippen molar-refractivity contribution < 1.29 is 18.7 Å². The molecule has 1 atom stereocenters. The maximum absolute atomic E-state index is 10.7. The van der Waals surface area contributed by atoms with Crippen LogP contribution in [0.3, 0.4) is 0 Å². The molecule has 21 heavy (non-hydrogen) atoms. The third kappa shape index (κ3) is 7.83. The van der Waals surface area contributed by atoms with Crippen LogP contribution in [0.25, 0.3) is 0 Å². The van der Waals surface area contributed by atoms with Crippen molar-refractivity contribution in [2.24, 2.45) is 11.1 Å². The van der Waals surface area contributed by atoms with Gasteiger partial charge in [-0.2, -0.15) is 0 Å². The summed E-state index contributed by atoms with van der Waals surface area (Å²) >= 11 is 0. The second-order valence-corrected chi connectivity index (χ2v) is 12.8. The molecule has 0 aliphatic rings. The summed E-state index contributed by atoms with van der Waals surface area (Å²) in [5.74, 6) is 0. The first-order valence-corrected chi connectivity index (χ1v) is 10.4. The van der Waals surface area contributed by atoms with E-state index in [4.69, 9.17) is 19.6 Å². The molecular formula is C15H33NO4Si. The van der Waals surface area contributed by atoms with Gasteiger partial charge in [-0.1, -0.05) is 41.5 Å². The summed E-state index contributed by atoms with van der Waals surface area (Å²) in [5, 5.41) is 0.186. The van der Waals surface area contributed by atoms with E-state index in [0.717, 1.165) is 0 Å². The third-order valence-corrected chi connectivity index (χ3v) is 8.55. The summed E-state index contributed by atoms with van der Waals surface area (Å²) in [6.45, 7) is 18.4. The lowest BCUT2D eigenvalue weighted by molar-refractivity contribution is -0.0598. The summed E-state index contributed by atoms with van der Waals surface area (Å²) in [4.78, 5) is 10.7. The molecule has 0 aromatic carbocycles. The second-order valence-electron chi connectivity index (χ2n) is 7.96. The molecule has 0 spiro atoms. The van der Waals surface area contributed by atoms with Crippen LogP contribution in [0.15, 0.2) is 0 Å². The van der Waals surface area contributed by atoms with Crippen LogP contribution in [0.4, 0.5) is 4.79 Å². The zero-order chi connectivity index (χ0) is 16.9. The van der Waals surface area contributed by atoms with Crippen molar-refractivity contribution in [1.29, 1.82) is 0 Å². The van der Waals surface area contributed by atoms with Crippen LogP contribution in [0.2, 0.25) is 18.1 Å². The molecule has 0 rings (SSSR count). The van der Waals surface area contributed by atoms with Gasteiger partial charge in [0, 0.05) is 0 Å². The van der Waals surface area contributed by atoms with Crippen LogP contribution in [-0.2, 0) is 13.9 Å². The summed E-state index contributed by atoms with van der Waals surface area (Å²) in [6, 6.07) is 0. The van der Waals surface area contributed by atoms with E-state index in [1.165, 1.54) is 0 Å². The summed E-state index contributed by atoms with van der Waals surface area (Å²) in [5.41, 5.74) is 4.88. The van der Waals surface area contributed by atoms with Gasteiger partial charge in [0.25, 0.3) is 0 Å². The van der Waals surface area contributed by atoms with E-state index in [-0.39, 0.29) is 23.2 Å². The van der Waals surface area contributed by atoms with Crippen LogP contribution >= 0.6 is 0 Å². The average molecular weight is 320 g/mol. The molecule has 0 aliphatic heterocycles. The number of hydrogen-bond donors (Lipinski definition) is 1. The highest BCUT2D eigenvalue weighted by molar-refractivity contribution is 6.74. The Hall–Kier alpha value is -0.593. The molecule has 0 bridgehead atoms. The smallest absolute Gasteiger partial charge is 0.404 e. The molecule has 0 saturated carbocycles. The minimum Gasteiger partial charge on any atom is -0.447 e. The molecule has 6 heteroatoms. The molecule has 0 saturated heterocycles. The fraction of sp³-hybridized carbons (Fsp3) is 0.933. The molecule has 2 N–H and O–H groups in total. The lowest BCUT2D eigenvalue weighted by Gasteiger charge is -2.36. The standard InChI is InChI=1S/C15H33NO4Si/c1-14(2,3)12(11-19-13(16)17)18-9-10-20-21(7,8)15(4,5)6/h12H,9-11H2,1-8H3,(H2,16,17). The summed E-state index contributed by atoms with van der Waals surface area (Å²) < 4.78 is 16.8. The SMILES string of the molecule is CC(C)(C)C(COC(N)=O)OCCO[Si](C)(C)C(C)(C)C. The topological polar surface area (TPSA) is 70.8 Å². The van der Waals surface area contributed by atoms with E-state index in [1.807, 2.05) is 20.8 Å². The maximum Gasteiger partial charge on any atom is 0.404 e. The van der Waals surface area contributed by atoms with E-state index >= 15 is 0 Å². The number of amides is 1. The minimum absolute atomic E-state index is 0.133. The Bertz CT molecular complexity index is 332. The predicted molar refractivity (Wildman–Crippen MR) is 87.9 cm³/mol. The minimum atomic E-state index is -1.74. The van der Waals surface area contributed by atoms with Crippen molar-refractivity contribution >= 4 is 14.4 Å². The number of carbonyl (C=O) groups excluding carboxylic acids is 1. The molecular weight excluding hydrogens is 286 g/mol. The molecule has 0 aromatic rings. The lowest BCUT2D eigenvalue weighted by atomic mass is 9.89. The van der Waals surface area contributed by atoms with Crippen molar-refractivity contribution in [3.63, 3.8) is 0 Å². The molecule has 0 fully saturated rings. The van der Waals surface area contributed by atoms with E-state index in [1.54, 1.807) is 0 Å². The first-order chi connectivity index (χ1) is 9.27. The Morgan fingerprint density at radius 2 is 1.62 bits per heavy atom.